The molecular weight excluding hydrogens is 226 g/mol. The molecule has 3 nitrogen and oxygen atoms in total. The van der Waals surface area contributed by atoms with E-state index >= 15 is 0 Å². The SMILES string of the molecule is CN(CC1CCC1)C(CC(=O)O)c1ccccc1. The number of rotatable bonds is 6. The summed E-state index contributed by atoms with van der Waals surface area (Å²) in [5.41, 5.74) is 1.10. The Morgan fingerprint density at radius 3 is 2.56 bits per heavy atom. The molecule has 1 aliphatic rings. The number of carbonyl (C=O) groups is 1. The van der Waals surface area contributed by atoms with Crippen LogP contribution in [0.25, 0.3) is 0 Å². The predicted octanol–water partition coefficient (Wildman–Crippen LogP) is 2.93. The first-order valence-corrected chi connectivity index (χ1v) is 6.64. The summed E-state index contributed by atoms with van der Waals surface area (Å²) < 4.78 is 0. The molecule has 2 rings (SSSR count). The van der Waals surface area contributed by atoms with Crippen molar-refractivity contribution in [2.24, 2.45) is 5.92 Å². The minimum atomic E-state index is -0.732. The van der Waals surface area contributed by atoms with E-state index < -0.39 is 5.97 Å². The van der Waals surface area contributed by atoms with Gasteiger partial charge in [-0.2, -0.15) is 0 Å². The Balaban J connectivity index is 2.06. The molecule has 1 fully saturated rings. The normalized spacial score (nSPS) is 17.4. The van der Waals surface area contributed by atoms with E-state index in [0.29, 0.717) is 0 Å². The average Bonchev–Trinajstić information content (AvgIpc) is 2.31. The maximum Gasteiger partial charge on any atom is 0.305 e. The second kappa shape index (κ2) is 6.01. The van der Waals surface area contributed by atoms with E-state index in [-0.39, 0.29) is 12.5 Å². The van der Waals surface area contributed by atoms with E-state index in [2.05, 4.69) is 4.90 Å². The number of benzene rings is 1. The molecule has 0 aliphatic heterocycles. The summed E-state index contributed by atoms with van der Waals surface area (Å²) in [4.78, 5) is 13.2. The molecular formula is C15H21NO2. The van der Waals surface area contributed by atoms with Gasteiger partial charge in [0.05, 0.1) is 6.42 Å². The summed E-state index contributed by atoms with van der Waals surface area (Å²) in [7, 11) is 2.04. The van der Waals surface area contributed by atoms with Crippen molar-refractivity contribution in [1.82, 2.24) is 4.90 Å². The third kappa shape index (κ3) is 3.33. The van der Waals surface area contributed by atoms with Crippen LogP contribution in [0.4, 0.5) is 0 Å². The highest BCUT2D eigenvalue weighted by Gasteiger charge is 2.25. The second-order valence-corrected chi connectivity index (χ2v) is 5.26. The Bertz CT molecular complexity index is 387. The van der Waals surface area contributed by atoms with Crippen LogP contribution in [-0.4, -0.2) is 29.6 Å². The second-order valence-electron chi connectivity index (χ2n) is 5.26. The van der Waals surface area contributed by atoms with Crippen molar-refractivity contribution in [1.29, 1.82) is 0 Å². The lowest BCUT2D eigenvalue weighted by Gasteiger charge is -2.34. The lowest BCUT2D eigenvalue weighted by molar-refractivity contribution is -0.138. The molecule has 18 heavy (non-hydrogen) atoms. The summed E-state index contributed by atoms with van der Waals surface area (Å²) in [6.45, 7) is 1.01. The van der Waals surface area contributed by atoms with E-state index in [4.69, 9.17) is 5.11 Å². The van der Waals surface area contributed by atoms with Crippen LogP contribution < -0.4 is 0 Å². The van der Waals surface area contributed by atoms with Crippen molar-refractivity contribution in [3.8, 4) is 0 Å². The quantitative estimate of drug-likeness (QED) is 0.840. The van der Waals surface area contributed by atoms with Crippen LogP contribution in [0, 0.1) is 5.92 Å². The first-order valence-electron chi connectivity index (χ1n) is 6.64. The number of hydrogen-bond donors (Lipinski definition) is 1. The average molecular weight is 247 g/mol. The first kappa shape index (κ1) is 13.1. The van der Waals surface area contributed by atoms with Crippen molar-refractivity contribution in [2.45, 2.75) is 31.7 Å². The molecule has 0 heterocycles. The molecule has 98 valence electrons. The van der Waals surface area contributed by atoms with Crippen LogP contribution in [0.15, 0.2) is 30.3 Å². The summed E-state index contributed by atoms with van der Waals surface area (Å²) in [6, 6.07) is 9.94. The third-order valence-corrected chi connectivity index (χ3v) is 3.86. The van der Waals surface area contributed by atoms with Crippen LogP contribution in [0.1, 0.15) is 37.3 Å². The molecule has 1 aromatic rings. The fourth-order valence-corrected chi connectivity index (χ4v) is 2.58. The summed E-state index contributed by atoms with van der Waals surface area (Å²) >= 11 is 0. The lowest BCUT2D eigenvalue weighted by Crippen LogP contribution is -2.33. The number of aliphatic carboxylic acids is 1. The van der Waals surface area contributed by atoms with Crippen LogP contribution in [0.2, 0.25) is 0 Å². The van der Waals surface area contributed by atoms with Gasteiger partial charge in [0, 0.05) is 12.6 Å². The molecule has 1 atom stereocenters. The molecule has 0 amide bonds. The summed E-state index contributed by atoms with van der Waals surface area (Å²) in [5, 5.41) is 9.07. The Kier molecular flexibility index (Phi) is 4.37. The van der Waals surface area contributed by atoms with E-state index in [9.17, 15) is 4.79 Å². The van der Waals surface area contributed by atoms with Crippen molar-refractivity contribution < 1.29 is 9.90 Å². The van der Waals surface area contributed by atoms with Gasteiger partial charge in [0.25, 0.3) is 0 Å². The number of nitrogens with zero attached hydrogens (tertiary/aromatic N) is 1. The van der Waals surface area contributed by atoms with Gasteiger partial charge in [-0.3, -0.25) is 9.69 Å². The van der Waals surface area contributed by atoms with E-state index in [1.165, 1.54) is 19.3 Å². The Morgan fingerprint density at radius 2 is 2.06 bits per heavy atom. The molecule has 0 aromatic heterocycles. The highest BCUT2D eigenvalue weighted by Crippen LogP contribution is 2.30. The number of carboxylic acids is 1. The van der Waals surface area contributed by atoms with Crippen LogP contribution >= 0.6 is 0 Å². The van der Waals surface area contributed by atoms with Gasteiger partial charge >= 0.3 is 5.97 Å². The van der Waals surface area contributed by atoms with E-state index in [1.807, 2.05) is 37.4 Å². The van der Waals surface area contributed by atoms with Crippen molar-refractivity contribution in [3.05, 3.63) is 35.9 Å². The minimum Gasteiger partial charge on any atom is -0.481 e. The summed E-state index contributed by atoms with van der Waals surface area (Å²) in [6.07, 6.45) is 4.08. The van der Waals surface area contributed by atoms with E-state index in [1.54, 1.807) is 0 Å². The number of hydrogen-bond acceptors (Lipinski definition) is 2. The van der Waals surface area contributed by atoms with Crippen molar-refractivity contribution in [3.63, 3.8) is 0 Å². The van der Waals surface area contributed by atoms with Crippen molar-refractivity contribution >= 4 is 5.97 Å². The Morgan fingerprint density at radius 1 is 1.39 bits per heavy atom. The standard InChI is InChI=1S/C15H21NO2/c1-16(11-12-6-5-7-12)14(10-15(17)18)13-8-3-2-4-9-13/h2-4,8-9,12,14H,5-7,10-11H2,1H3,(H,17,18). The highest BCUT2D eigenvalue weighted by molar-refractivity contribution is 5.67. The van der Waals surface area contributed by atoms with Gasteiger partial charge in [-0.1, -0.05) is 36.8 Å². The zero-order chi connectivity index (χ0) is 13.0. The fourth-order valence-electron chi connectivity index (χ4n) is 2.58. The highest BCUT2D eigenvalue weighted by atomic mass is 16.4. The van der Waals surface area contributed by atoms with Crippen LogP contribution in [0.5, 0.6) is 0 Å². The maximum absolute atomic E-state index is 11.0. The zero-order valence-electron chi connectivity index (χ0n) is 10.9. The number of carboxylic acid groups (broad SMARTS) is 1. The molecule has 0 saturated heterocycles. The first-order chi connectivity index (χ1) is 8.66. The zero-order valence-corrected chi connectivity index (χ0v) is 10.9. The molecule has 0 radical (unpaired) electrons. The molecule has 1 unspecified atom stereocenters. The Hall–Kier alpha value is -1.35. The summed E-state index contributed by atoms with van der Waals surface area (Å²) in [5.74, 6) is 0.0271. The monoisotopic (exact) mass is 247 g/mol. The maximum atomic E-state index is 11.0. The van der Waals surface area contributed by atoms with Gasteiger partial charge in [-0.05, 0) is 31.4 Å². The van der Waals surface area contributed by atoms with Gasteiger partial charge in [-0.15, -0.1) is 0 Å². The molecule has 1 aromatic carbocycles. The van der Waals surface area contributed by atoms with Gasteiger partial charge in [0.2, 0.25) is 0 Å². The molecule has 1 N–H and O–H groups in total. The third-order valence-electron chi connectivity index (χ3n) is 3.86. The van der Waals surface area contributed by atoms with Gasteiger partial charge in [0.15, 0.2) is 0 Å². The lowest BCUT2D eigenvalue weighted by atomic mass is 9.84. The molecule has 0 spiro atoms. The van der Waals surface area contributed by atoms with Crippen LogP contribution in [0.3, 0.4) is 0 Å². The molecule has 1 aliphatic carbocycles. The van der Waals surface area contributed by atoms with Crippen LogP contribution in [-0.2, 0) is 4.79 Å². The topological polar surface area (TPSA) is 40.5 Å². The van der Waals surface area contributed by atoms with Gasteiger partial charge in [0.1, 0.15) is 0 Å². The molecule has 1 saturated carbocycles. The van der Waals surface area contributed by atoms with E-state index in [0.717, 1.165) is 18.0 Å². The van der Waals surface area contributed by atoms with Gasteiger partial charge < -0.3 is 5.11 Å². The smallest absolute Gasteiger partial charge is 0.305 e. The van der Waals surface area contributed by atoms with Crippen molar-refractivity contribution in [2.75, 3.05) is 13.6 Å². The molecule has 0 bridgehead atoms. The predicted molar refractivity (Wildman–Crippen MR) is 71.4 cm³/mol. The molecule has 3 heteroatoms. The fraction of sp³-hybridized carbons (Fsp3) is 0.533. The largest absolute Gasteiger partial charge is 0.481 e. The minimum absolute atomic E-state index is 0.00991. The Labute approximate surface area is 108 Å². The van der Waals surface area contributed by atoms with Gasteiger partial charge in [-0.25, -0.2) is 0 Å².